The quantitative estimate of drug-likeness (QED) is 0.847. The van der Waals surface area contributed by atoms with Crippen molar-refractivity contribution in [2.24, 2.45) is 5.73 Å². The Labute approximate surface area is 108 Å². The molecule has 1 aliphatic heterocycles. The van der Waals surface area contributed by atoms with E-state index in [0.717, 1.165) is 30.6 Å². The van der Waals surface area contributed by atoms with Crippen LogP contribution in [0.3, 0.4) is 0 Å². The normalized spacial score (nSPS) is 21.3. The Morgan fingerprint density at radius 1 is 1.44 bits per heavy atom. The van der Waals surface area contributed by atoms with Crippen LogP contribution in [0.5, 0.6) is 0 Å². The monoisotopic (exact) mass is 248 g/mol. The molecule has 1 aromatic carbocycles. The molecule has 1 heterocycles. The van der Waals surface area contributed by atoms with Crippen LogP contribution in [0.1, 0.15) is 30.0 Å². The van der Waals surface area contributed by atoms with E-state index in [0.29, 0.717) is 6.61 Å². The topological polar surface area (TPSA) is 64.4 Å². The number of aryl methyl sites for hydroxylation is 1. The summed E-state index contributed by atoms with van der Waals surface area (Å²) in [5, 5.41) is 2.94. The molecule has 1 aliphatic rings. The number of rotatable bonds is 3. The third kappa shape index (κ3) is 3.31. The lowest BCUT2D eigenvalue weighted by Gasteiger charge is -2.24. The fraction of sp³-hybridized carbons (Fsp3) is 0.500. The molecule has 0 aliphatic carbocycles. The average Bonchev–Trinajstić information content (AvgIpc) is 2.40. The predicted molar refractivity (Wildman–Crippen MR) is 70.1 cm³/mol. The summed E-state index contributed by atoms with van der Waals surface area (Å²) in [6.07, 6.45) is 1.96. The van der Waals surface area contributed by atoms with Crippen LogP contribution < -0.4 is 11.1 Å². The zero-order valence-electron chi connectivity index (χ0n) is 10.7. The van der Waals surface area contributed by atoms with Gasteiger partial charge in [-0.3, -0.25) is 4.79 Å². The highest BCUT2D eigenvalue weighted by Gasteiger charge is 2.21. The van der Waals surface area contributed by atoms with E-state index >= 15 is 0 Å². The van der Waals surface area contributed by atoms with Crippen molar-refractivity contribution in [3.05, 3.63) is 35.4 Å². The number of benzene rings is 1. The van der Waals surface area contributed by atoms with Crippen molar-refractivity contribution in [1.29, 1.82) is 0 Å². The predicted octanol–water partition coefficient (Wildman–Crippen LogP) is 1.29. The number of nitrogens with two attached hydrogens (primary N) is 1. The van der Waals surface area contributed by atoms with Crippen LogP contribution in [-0.2, 0) is 9.53 Å². The lowest BCUT2D eigenvalue weighted by molar-refractivity contribution is -0.124. The Morgan fingerprint density at radius 2 is 2.17 bits per heavy atom. The van der Waals surface area contributed by atoms with Gasteiger partial charge in [0.2, 0.25) is 5.91 Å². The van der Waals surface area contributed by atoms with E-state index in [2.05, 4.69) is 5.32 Å². The van der Waals surface area contributed by atoms with Crippen LogP contribution in [0.25, 0.3) is 0 Å². The summed E-state index contributed by atoms with van der Waals surface area (Å²) >= 11 is 0. The van der Waals surface area contributed by atoms with Crippen molar-refractivity contribution in [2.75, 3.05) is 13.2 Å². The number of hydrogen-bond donors (Lipinski definition) is 2. The van der Waals surface area contributed by atoms with Crippen molar-refractivity contribution in [3.63, 3.8) is 0 Å². The molecule has 0 aromatic heterocycles. The van der Waals surface area contributed by atoms with Crippen LogP contribution in [0.2, 0.25) is 0 Å². The molecule has 2 atom stereocenters. The summed E-state index contributed by atoms with van der Waals surface area (Å²) in [6, 6.07) is 7.22. The molecule has 3 N–H and O–H groups in total. The van der Waals surface area contributed by atoms with E-state index in [4.69, 9.17) is 10.5 Å². The Hall–Kier alpha value is -1.39. The van der Waals surface area contributed by atoms with Gasteiger partial charge in [-0.25, -0.2) is 0 Å². The molecule has 2 rings (SSSR count). The minimum absolute atomic E-state index is 0.0998. The first-order valence-electron chi connectivity index (χ1n) is 6.37. The zero-order valence-corrected chi connectivity index (χ0v) is 10.7. The lowest BCUT2D eigenvalue weighted by atomic mass is 10.0. The molecular formula is C14H20N2O2. The molecule has 1 aromatic rings. The van der Waals surface area contributed by atoms with E-state index in [-0.39, 0.29) is 11.9 Å². The molecule has 98 valence electrons. The van der Waals surface area contributed by atoms with Crippen molar-refractivity contribution >= 4 is 5.91 Å². The molecule has 4 nitrogen and oxygen atoms in total. The van der Waals surface area contributed by atoms with Crippen molar-refractivity contribution in [3.8, 4) is 0 Å². The number of nitrogens with one attached hydrogen (secondary N) is 1. The first-order valence-corrected chi connectivity index (χ1v) is 6.37. The van der Waals surface area contributed by atoms with E-state index in [9.17, 15) is 4.79 Å². The maximum atomic E-state index is 12.0. The maximum absolute atomic E-state index is 12.0. The Morgan fingerprint density at radius 3 is 2.78 bits per heavy atom. The standard InChI is InChI=1S/C14H20N2O2/c1-10-4-6-11(7-5-10)13(15)14(17)16-12-3-2-8-18-9-12/h4-7,12-13H,2-3,8-9,15H2,1H3,(H,16,17). The van der Waals surface area contributed by atoms with Crippen molar-refractivity contribution in [2.45, 2.75) is 31.8 Å². The van der Waals surface area contributed by atoms with Gasteiger partial charge in [-0.2, -0.15) is 0 Å². The first-order chi connectivity index (χ1) is 8.66. The van der Waals surface area contributed by atoms with Gasteiger partial charge in [-0.15, -0.1) is 0 Å². The van der Waals surface area contributed by atoms with Crippen LogP contribution >= 0.6 is 0 Å². The van der Waals surface area contributed by atoms with E-state index in [1.807, 2.05) is 31.2 Å². The van der Waals surface area contributed by atoms with Gasteiger partial charge in [0.05, 0.1) is 12.6 Å². The van der Waals surface area contributed by atoms with Crippen LogP contribution in [0.4, 0.5) is 0 Å². The lowest BCUT2D eigenvalue weighted by Crippen LogP contribution is -2.44. The number of amides is 1. The molecule has 2 unspecified atom stereocenters. The summed E-state index contributed by atoms with van der Waals surface area (Å²) < 4.78 is 5.33. The molecule has 4 heteroatoms. The van der Waals surface area contributed by atoms with E-state index < -0.39 is 6.04 Å². The molecule has 0 spiro atoms. The second-order valence-corrected chi connectivity index (χ2v) is 4.81. The summed E-state index contributed by atoms with van der Waals surface area (Å²) in [4.78, 5) is 12.0. The number of carbonyl (C=O) groups excluding carboxylic acids is 1. The SMILES string of the molecule is Cc1ccc(C(N)C(=O)NC2CCCOC2)cc1. The molecule has 1 amide bonds. The maximum Gasteiger partial charge on any atom is 0.241 e. The highest BCUT2D eigenvalue weighted by Crippen LogP contribution is 2.13. The highest BCUT2D eigenvalue weighted by molar-refractivity contribution is 5.83. The van der Waals surface area contributed by atoms with Gasteiger partial charge < -0.3 is 15.8 Å². The summed E-state index contributed by atoms with van der Waals surface area (Å²) in [7, 11) is 0. The highest BCUT2D eigenvalue weighted by atomic mass is 16.5. The second kappa shape index (κ2) is 5.98. The molecular weight excluding hydrogens is 228 g/mol. The summed E-state index contributed by atoms with van der Waals surface area (Å²) in [5.41, 5.74) is 7.95. The fourth-order valence-electron chi connectivity index (χ4n) is 2.07. The Kier molecular flexibility index (Phi) is 4.33. The fourth-order valence-corrected chi connectivity index (χ4v) is 2.07. The van der Waals surface area contributed by atoms with E-state index in [1.165, 1.54) is 0 Å². The largest absolute Gasteiger partial charge is 0.379 e. The summed E-state index contributed by atoms with van der Waals surface area (Å²) in [6.45, 7) is 3.39. The molecule has 0 radical (unpaired) electrons. The van der Waals surface area contributed by atoms with Crippen molar-refractivity contribution < 1.29 is 9.53 Å². The van der Waals surface area contributed by atoms with Crippen LogP contribution in [-0.4, -0.2) is 25.2 Å². The van der Waals surface area contributed by atoms with E-state index in [1.54, 1.807) is 0 Å². The molecule has 0 saturated carbocycles. The average molecular weight is 248 g/mol. The smallest absolute Gasteiger partial charge is 0.241 e. The van der Waals surface area contributed by atoms with Gasteiger partial charge in [-0.05, 0) is 25.3 Å². The number of ether oxygens (including phenoxy) is 1. The number of carbonyl (C=O) groups is 1. The third-order valence-electron chi connectivity index (χ3n) is 3.23. The third-order valence-corrected chi connectivity index (χ3v) is 3.23. The van der Waals surface area contributed by atoms with Gasteiger partial charge >= 0.3 is 0 Å². The summed E-state index contributed by atoms with van der Waals surface area (Å²) in [5.74, 6) is -0.130. The Bertz CT molecular complexity index is 397. The van der Waals surface area contributed by atoms with Gasteiger partial charge in [0.15, 0.2) is 0 Å². The van der Waals surface area contributed by atoms with Crippen LogP contribution in [0.15, 0.2) is 24.3 Å². The zero-order chi connectivity index (χ0) is 13.0. The van der Waals surface area contributed by atoms with Crippen LogP contribution in [0, 0.1) is 6.92 Å². The van der Waals surface area contributed by atoms with Gasteiger partial charge in [0.1, 0.15) is 6.04 Å². The molecule has 18 heavy (non-hydrogen) atoms. The Balaban J connectivity index is 1.93. The van der Waals surface area contributed by atoms with Crippen molar-refractivity contribution in [1.82, 2.24) is 5.32 Å². The van der Waals surface area contributed by atoms with Gasteiger partial charge in [0, 0.05) is 6.61 Å². The minimum Gasteiger partial charge on any atom is -0.379 e. The van der Waals surface area contributed by atoms with Gasteiger partial charge in [-0.1, -0.05) is 29.8 Å². The second-order valence-electron chi connectivity index (χ2n) is 4.81. The molecule has 1 fully saturated rings. The first kappa shape index (κ1) is 13.1. The minimum atomic E-state index is -0.604. The van der Waals surface area contributed by atoms with Gasteiger partial charge in [0.25, 0.3) is 0 Å². The molecule has 0 bridgehead atoms. The number of hydrogen-bond acceptors (Lipinski definition) is 3. The molecule has 1 saturated heterocycles.